The predicted molar refractivity (Wildman–Crippen MR) is 59.8 cm³/mol. The van der Waals surface area contributed by atoms with Crippen molar-refractivity contribution in [2.75, 3.05) is 19.8 Å². The largest absolute Gasteiger partial charge is 0.382 e. The maximum Gasteiger partial charge on any atom is 0.251 e. The Morgan fingerprint density at radius 3 is 2.44 bits per heavy atom. The van der Waals surface area contributed by atoms with Gasteiger partial charge in [0.05, 0.1) is 0 Å². The Kier molecular flexibility index (Phi) is 5.64. The lowest BCUT2D eigenvalue weighted by Crippen LogP contribution is -2.25. The van der Waals surface area contributed by atoms with Gasteiger partial charge in [0.1, 0.15) is 0 Å². The molecular weight excluding hydrogens is 247 g/mol. The number of benzene rings is 1. The van der Waals surface area contributed by atoms with Gasteiger partial charge in [-0.3, -0.25) is 4.79 Å². The first kappa shape index (κ1) is 14.5. The normalized spacial score (nSPS) is 10.4. The Hall–Kier alpha value is -1.56. The van der Waals surface area contributed by atoms with Crippen molar-refractivity contribution in [1.82, 2.24) is 5.32 Å². The van der Waals surface area contributed by atoms with Crippen LogP contribution < -0.4 is 5.32 Å². The highest BCUT2D eigenvalue weighted by atomic mass is 19.2. The van der Waals surface area contributed by atoms with E-state index in [1.807, 2.05) is 6.92 Å². The van der Waals surface area contributed by atoms with Crippen molar-refractivity contribution in [3.8, 4) is 0 Å². The molecule has 3 nitrogen and oxygen atoms in total. The first-order valence-corrected chi connectivity index (χ1v) is 5.56. The highest BCUT2D eigenvalue weighted by molar-refractivity contribution is 5.94. The minimum absolute atomic E-state index is 0.247. The average molecular weight is 261 g/mol. The molecule has 0 atom stereocenters. The predicted octanol–water partition coefficient (Wildman–Crippen LogP) is 2.26. The third-order valence-electron chi connectivity index (χ3n) is 2.20. The van der Waals surface area contributed by atoms with Gasteiger partial charge in [0, 0.05) is 25.3 Å². The van der Waals surface area contributed by atoms with Crippen LogP contribution in [0.3, 0.4) is 0 Å². The van der Waals surface area contributed by atoms with Crippen molar-refractivity contribution >= 4 is 5.91 Å². The van der Waals surface area contributed by atoms with Crippen LogP contribution in [0.2, 0.25) is 0 Å². The van der Waals surface area contributed by atoms with Crippen molar-refractivity contribution in [1.29, 1.82) is 0 Å². The number of halogens is 3. The Morgan fingerprint density at radius 1 is 1.28 bits per heavy atom. The van der Waals surface area contributed by atoms with Crippen LogP contribution in [0.1, 0.15) is 23.7 Å². The Labute approximate surface area is 103 Å². The zero-order valence-corrected chi connectivity index (χ0v) is 9.93. The number of carbonyl (C=O) groups excluding carboxylic acids is 1. The van der Waals surface area contributed by atoms with Crippen molar-refractivity contribution in [3.63, 3.8) is 0 Å². The molecule has 0 aliphatic rings. The summed E-state index contributed by atoms with van der Waals surface area (Å²) < 4.78 is 43.5. The van der Waals surface area contributed by atoms with Crippen LogP contribution in [-0.2, 0) is 4.74 Å². The molecular formula is C12H14F3NO2. The molecule has 6 heteroatoms. The molecule has 0 aromatic heterocycles. The molecule has 0 aliphatic carbocycles. The molecule has 0 spiro atoms. The van der Waals surface area contributed by atoms with E-state index in [1.165, 1.54) is 0 Å². The summed E-state index contributed by atoms with van der Waals surface area (Å²) in [5.74, 6) is -4.99. The molecule has 1 aromatic carbocycles. The highest BCUT2D eigenvalue weighted by Gasteiger charge is 2.14. The first-order valence-electron chi connectivity index (χ1n) is 5.56. The highest BCUT2D eigenvalue weighted by Crippen LogP contribution is 2.13. The van der Waals surface area contributed by atoms with E-state index in [1.54, 1.807) is 0 Å². The fraction of sp³-hybridized carbons (Fsp3) is 0.417. The monoisotopic (exact) mass is 261 g/mol. The summed E-state index contributed by atoms with van der Waals surface area (Å²) in [7, 11) is 0. The van der Waals surface area contributed by atoms with Gasteiger partial charge in [0.25, 0.3) is 5.91 Å². The lowest BCUT2D eigenvalue weighted by molar-refractivity contribution is 0.0943. The average Bonchev–Trinajstić information content (AvgIpc) is 2.34. The quantitative estimate of drug-likeness (QED) is 0.630. The fourth-order valence-electron chi connectivity index (χ4n) is 1.31. The molecule has 0 unspecified atom stereocenters. The van der Waals surface area contributed by atoms with Crippen molar-refractivity contribution in [2.45, 2.75) is 13.3 Å². The van der Waals surface area contributed by atoms with Gasteiger partial charge in [-0.2, -0.15) is 0 Å². The molecule has 0 saturated carbocycles. The minimum Gasteiger partial charge on any atom is -0.382 e. The van der Waals surface area contributed by atoms with E-state index < -0.39 is 23.4 Å². The van der Waals surface area contributed by atoms with Gasteiger partial charge in [-0.25, -0.2) is 13.2 Å². The third kappa shape index (κ3) is 4.03. The summed E-state index contributed by atoms with van der Waals surface area (Å²) in [6, 6.07) is 1.33. The SMILES string of the molecule is CCOCCCNC(=O)c1cc(F)c(F)c(F)c1. The Balaban J connectivity index is 2.52. The molecule has 0 radical (unpaired) electrons. The second-order valence-corrected chi connectivity index (χ2v) is 3.56. The van der Waals surface area contributed by atoms with Gasteiger partial charge in [0.15, 0.2) is 17.5 Å². The van der Waals surface area contributed by atoms with E-state index in [9.17, 15) is 18.0 Å². The van der Waals surface area contributed by atoms with Crippen LogP contribution in [0.5, 0.6) is 0 Å². The molecule has 0 bridgehead atoms. The second-order valence-electron chi connectivity index (χ2n) is 3.56. The number of hydrogen-bond donors (Lipinski definition) is 1. The standard InChI is InChI=1S/C12H14F3NO2/c1-2-18-5-3-4-16-12(17)8-6-9(13)11(15)10(14)7-8/h6-7H,2-5H2,1H3,(H,16,17). The van der Waals surface area contributed by atoms with Gasteiger partial charge in [0.2, 0.25) is 0 Å². The Morgan fingerprint density at radius 2 is 1.89 bits per heavy atom. The molecule has 1 N–H and O–H groups in total. The number of nitrogens with one attached hydrogen (secondary N) is 1. The molecule has 100 valence electrons. The van der Waals surface area contributed by atoms with E-state index in [-0.39, 0.29) is 5.56 Å². The van der Waals surface area contributed by atoms with Gasteiger partial charge in [-0.1, -0.05) is 0 Å². The molecule has 0 fully saturated rings. The number of hydrogen-bond acceptors (Lipinski definition) is 2. The van der Waals surface area contributed by atoms with E-state index in [0.29, 0.717) is 38.3 Å². The number of rotatable bonds is 6. The zero-order valence-electron chi connectivity index (χ0n) is 9.93. The van der Waals surface area contributed by atoms with Gasteiger partial charge in [-0.05, 0) is 25.5 Å². The van der Waals surface area contributed by atoms with Crippen LogP contribution in [0.15, 0.2) is 12.1 Å². The molecule has 1 amide bonds. The molecule has 1 aromatic rings. The van der Waals surface area contributed by atoms with Crippen LogP contribution in [-0.4, -0.2) is 25.7 Å². The zero-order chi connectivity index (χ0) is 13.5. The molecule has 1 rings (SSSR count). The van der Waals surface area contributed by atoms with E-state index in [0.717, 1.165) is 0 Å². The number of ether oxygens (including phenoxy) is 1. The summed E-state index contributed by atoms with van der Waals surface area (Å²) in [5.41, 5.74) is -0.247. The van der Waals surface area contributed by atoms with Crippen LogP contribution >= 0.6 is 0 Å². The van der Waals surface area contributed by atoms with Crippen LogP contribution in [0.4, 0.5) is 13.2 Å². The summed E-state index contributed by atoms with van der Waals surface area (Å²) >= 11 is 0. The fourth-order valence-corrected chi connectivity index (χ4v) is 1.31. The third-order valence-corrected chi connectivity index (χ3v) is 2.20. The van der Waals surface area contributed by atoms with Crippen molar-refractivity contribution in [2.24, 2.45) is 0 Å². The lowest BCUT2D eigenvalue weighted by Gasteiger charge is -2.06. The number of carbonyl (C=O) groups is 1. The van der Waals surface area contributed by atoms with Crippen LogP contribution in [0.25, 0.3) is 0 Å². The number of amides is 1. The topological polar surface area (TPSA) is 38.3 Å². The van der Waals surface area contributed by atoms with E-state index in [2.05, 4.69) is 5.32 Å². The summed E-state index contributed by atoms with van der Waals surface area (Å²) in [4.78, 5) is 11.5. The smallest absolute Gasteiger partial charge is 0.251 e. The summed E-state index contributed by atoms with van der Waals surface area (Å²) in [5, 5.41) is 2.46. The molecule has 0 saturated heterocycles. The minimum atomic E-state index is -1.58. The van der Waals surface area contributed by atoms with Gasteiger partial charge < -0.3 is 10.1 Å². The maximum absolute atomic E-state index is 12.9. The van der Waals surface area contributed by atoms with E-state index in [4.69, 9.17) is 4.74 Å². The first-order chi connectivity index (χ1) is 8.56. The lowest BCUT2D eigenvalue weighted by atomic mass is 10.2. The molecule has 0 heterocycles. The summed E-state index contributed by atoms with van der Waals surface area (Å²) in [6.45, 7) is 3.24. The second kappa shape index (κ2) is 7.00. The van der Waals surface area contributed by atoms with Crippen LogP contribution in [0, 0.1) is 17.5 Å². The Bertz CT molecular complexity index is 401. The maximum atomic E-state index is 12.9. The molecule has 0 aliphatic heterocycles. The van der Waals surface area contributed by atoms with Gasteiger partial charge in [-0.15, -0.1) is 0 Å². The molecule has 18 heavy (non-hydrogen) atoms. The van der Waals surface area contributed by atoms with Crippen molar-refractivity contribution in [3.05, 3.63) is 35.1 Å². The van der Waals surface area contributed by atoms with E-state index >= 15 is 0 Å². The van der Waals surface area contributed by atoms with Gasteiger partial charge >= 0.3 is 0 Å². The van der Waals surface area contributed by atoms with Crippen molar-refractivity contribution < 1.29 is 22.7 Å². The summed E-state index contributed by atoms with van der Waals surface area (Å²) in [6.07, 6.45) is 0.589.